The maximum atomic E-state index is 11.3. The van der Waals surface area contributed by atoms with Crippen molar-refractivity contribution < 1.29 is 19.4 Å². The summed E-state index contributed by atoms with van der Waals surface area (Å²) >= 11 is 0. The van der Waals surface area contributed by atoms with E-state index in [1.54, 1.807) is 24.3 Å². The lowest BCUT2D eigenvalue weighted by atomic mass is 10.00. The average molecular weight is 288 g/mol. The molecule has 2 rings (SSSR count). The van der Waals surface area contributed by atoms with Crippen LogP contribution in [0.25, 0.3) is 0 Å². The first-order valence-corrected chi connectivity index (χ1v) is 7.14. The largest absolute Gasteiger partial charge is 0.465 e. The highest BCUT2D eigenvalue weighted by atomic mass is 16.5. The summed E-state index contributed by atoms with van der Waals surface area (Å²) in [5.74, 6) is 5.53. The van der Waals surface area contributed by atoms with E-state index in [1.807, 2.05) is 6.92 Å². The zero-order chi connectivity index (χ0) is 15.3. The molecule has 0 amide bonds. The molecule has 0 bridgehead atoms. The van der Waals surface area contributed by atoms with Gasteiger partial charge in [-0.05, 0) is 50.5 Å². The van der Waals surface area contributed by atoms with Gasteiger partial charge in [0.1, 0.15) is 0 Å². The number of ether oxygens (including phenoxy) is 2. The molecule has 0 heterocycles. The summed E-state index contributed by atoms with van der Waals surface area (Å²) in [6.45, 7) is 2.49. The predicted octanol–water partition coefficient (Wildman–Crippen LogP) is 2.14. The molecule has 112 valence electrons. The summed E-state index contributed by atoms with van der Waals surface area (Å²) < 4.78 is 10.2. The summed E-state index contributed by atoms with van der Waals surface area (Å²) in [6, 6.07) is 6.81. The Morgan fingerprint density at radius 2 is 2.14 bits per heavy atom. The topological polar surface area (TPSA) is 55.8 Å². The van der Waals surface area contributed by atoms with Crippen LogP contribution in [0.1, 0.15) is 42.1 Å². The second-order valence-electron chi connectivity index (χ2n) is 5.08. The molecule has 1 aromatic carbocycles. The number of rotatable bonds is 3. The summed E-state index contributed by atoms with van der Waals surface area (Å²) in [4.78, 5) is 11.3. The van der Waals surface area contributed by atoms with Gasteiger partial charge < -0.3 is 14.6 Å². The Hall–Kier alpha value is -1.83. The summed E-state index contributed by atoms with van der Waals surface area (Å²) in [5.41, 5.74) is 0.157. The molecular weight excluding hydrogens is 268 g/mol. The van der Waals surface area contributed by atoms with Gasteiger partial charge in [-0.15, -0.1) is 0 Å². The van der Waals surface area contributed by atoms with E-state index in [4.69, 9.17) is 4.74 Å². The zero-order valence-electron chi connectivity index (χ0n) is 12.4. The first-order valence-electron chi connectivity index (χ1n) is 7.14. The van der Waals surface area contributed by atoms with E-state index in [0.29, 0.717) is 18.6 Å². The van der Waals surface area contributed by atoms with Crippen LogP contribution in [-0.2, 0) is 9.47 Å². The number of aliphatic hydroxyl groups is 1. The van der Waals surface area contributed by atoms with Crippen molar-refractivity contribution in [1.29, 1.82) is 0 Å². The third kappa shape index (κ3) is 3.63. The van der Waals surface area contributed by atoms with Crippen LogP contribution in [0.4, 0.5) is 0 Å². The van der Waals surface area contributed by atoms with Crippen molar-refractivity contribution in [3.63, 3.8) is 0 Å². The molecule has 2 unspecified atom stereocenters. The van der Waals surface area contributed by atoms with Crippen LogP contribution in [0, 0.1) is 11.8 Å². The van der Waals surface area contributed by atoms with Crippen molar-refractivity contribution >= 4 is 5.97 Å². The number of hydrogen-bond donors (Lipinski definition) is 1. The fourth-order valence-corrected chi connectivity index (χ4v) is 2.51. The van der Waals surface area contributed by atoms with Crippen molar-refractivity contribution in [3.05, 3.63) is 35.4 Å². The van der Waals surface area contributed by atoms with Gasteiger partial charge in [0.25, 0.3) is 0 Å². The Kier molecular flexibility index (Phi) is 5.00. The minimum atomic E-state index is -1.07. The highest BCUT2D eigenvalue weighted by Crippen LogP contribution is 2.32. The zero-order valence-corrected chi connectivity index (χ0v) is 12.4. The molecule has 1 aromatic rings. The van der Waals surface area contributed by atoms with E-state index in [-0.39, 0.29) is 12.1 Å². The second-order valence-corrected chi connectivity index (χ2v) is 5.08. The number of esters is 1. The lowest BCUT2D eigenvalue weighted by molar-refractivity contribution is -0.0515. The Morgan fingerprint density at radius 1 is 1.43 bits per heavy atom. The van der Waals surface area contributed by atoms with Crippen molar-refractivity contribution in [2.75, 3.05) is 13.7 Å². The molecule has 0 aliphatic heterocycles. The maximum Gasteiger partial charge on any atom is 0.337 e. The van der Waals surface area contributed by atoms with Gasteiger partial charge in [0.15, 0.2) is 5.60 Å². The highest BCUT2D eigenvalue weighted by Gasteiger charge is 2.40. The second kappa shape index (κ2) is 6.75. The molecule has 1 aliphatic rings. The Bertz CT molecular complexity index is 552. The average Bonchev–Trinajstić information content (AvgIpc) is 2.87. The van der Waals surface area contributed by atoms with Gasteiger partial charge in [-0.3, -0.25) is 0 Å². The molecule has 0 aromatic heterocycles. The lowest BCUT2D eigenvalue weighted by Crippen LogP contribution is -2.37. The van der Waals surface area contributed by atoms with E-state index < -0.39 is 5.60 Å². The van der Waals surface area contributed by atoms with Crippen molar-refractivity contribution in [2.24, 2.45) is 0 Å². The molecule has 1 aliphatic carbocycles. The molecule has 0 radical (unpaired) electrons. The molecule has 1 fully saturated rings. The molecule has 0 saturated heterocycles. The van der Waals surface area contributed by atoms with E-state index in [0.717, 1.165) is 18.4 Å². The fraction of sp³-hybridized carbons (Fsp3) is 0.471. The minimum absolute atomic E-state index is 0.218. The normalized spacial score (nSPS) is 24.2. The van der Waals surface area contributed by atoms with Gasteiger partial charge in [0, 0.05) is 12.2 Å². The number of carbonyl (C=O) groups is 1. The van der Waals surface area contributed by atoms with Gasteiger partial charge >= 0.3 is 5.97 Å². The van der Waals surface area contributed by atoms with Crippen LogP contribution in [0.15, 0.2) is 24.3 Å². The smallest absolute Gasteiger partial charge is 0.337 e. The third-order valence-corrected chi connectivity index (χ3v) is 3.65. The van der Waals surface area contributed by atoms with Gasteiger partial charge in [0.05, 0.1) is 18.8 Å². The van der Waals surface area contributed by atoms with Gasteiger partial charge in [-0.25, -0.2) is 4.79 Å². The summed E-state index contributed by atoms with van der Waals surface area (Å²) in [7, 11) is 1.35. The molecular formula is C17H20O4. The highest BCUT2D eigenvalue weighted by molar-refractivity contribution is 5.89. The quantitative estimate of drug-likeness (QED) is 0.684. The molecule has 0 spiro atoms. The van der Waals surface area contributed by atoms with Crippen LogP contribution in [0.3, 0.4) is 0 Å². The Morgan fingerprint density at radius 3 is 2.76 bits per heavy atom. The molecule has 1 N–H and O–H groups in total. The number of carbonyl (C=O) groups excluding carboxylic acids is 1. The van der Waals surface area contributed by atoms with E-state index in [1.165, 1.54) is 7.11 Å². The molecule has 2 atom stereocenters. The first-order chi connectivity index (χ1) is 10.1. The van der Waals surface area contributed by atoms with E-state index in [2.05, 4.69) is 16.6 Å². The molecule has 21 heavy (non-hydrogen) atoms. The van der Waals surface area contributed by atoms with Crippen LogP contribution < -0.4 is 0 Å². The first kappa shape index (κ1) is 15.6. The number of benzene rings is 1. The number of methoxy groups -OCH3 is 1. The van der Waals surface area contributed by atoms with E-state index >= 15 is 0 Å². The monoisotopic (exact) mass is 288 g/mol. The maximum absolute atomic E-state index is 11.3. The third-order valence-electron chi connectivity index (χ3n) is 3.65. The SMILES string of the molecule is CCOC1CCCC1(O)C#Cc1ccc(C(=O)OC)cc1. The Labute approximate surface area is 125 Å². The molecule has 4 heteroatoms. The standard InChI is InChI=1S/C17H20O4/c1-3-21-15-5-4-11-17(15,19)12-10-13-6-8-14(9-7-13)16(18)20-2/h6-9,15,19H,3-5,11H2,1-2H3. The van der Waals surface area contributed by atoms with Gasteiger partial charge in [0.2, 0.25) is 0 Å². The minimum Gasteiger partial charge on any atom is -0.465 e. The molecule has 4 nitrogen and oxygen atoms in total. The number of hydrogen-bond acceptors (Lipinski definition) is 4. The molecule has 1 saturated carbocycles. The van der Waals surface area contributed by atoms with E-state index in [9.17, 15) is 9.90 Å². The van der Waals surface area contributed by atoms with Gasteiger partial charge in [-0.1, -0.05) is 11.8 Å². The fourth-order valence-electron chi connectivity index (χ4n) is 2.51. The summed E-state index contributed by atoms with van der Waals surface area (Å²) in [5, 5.41) is 10.6. The van der Waals surface area contributed by atoms with Crippen molar-refractivity contribution in [3.8, 4) is 11.8 Å². The van der Waals surface area contributed by atoms with Crippen molar-refractivity contribution in [1.82, 2.24) is 0 Å². The summed E-state index contributed by atoms with van der Waals surface area (Å²) in [6.07, 6.45) is 2.16. The van der Waals surface area contributed by atoms with Crippen LogP contribution in [0.5, 0.6) is 0 Å². The van der Waals surface area contributed by atoms with Crippen LogP contribution in [0.2, 0.25) is 0 Å². The van der Waals surface area contributed by atoms with Gasteiger partial charge in [-0.2, -0.15) is 0 Å². The lowest BCUT2D eigenvalue weighted by Gasteiger charge is -2.24. The predicted molar refractivity (Wildman–Crippen MR) is 78.9 cm³/mol. The Balaban J connectivity index is 2.13. The van der Waals surface area contributed by atoms with Crippen LogP contribution >= 0.6 is 0 Å². The van der Waals surface area contributed by atoms with Crippen LogP contribution in [-0.4, -0.2) is 36.5 Å². The van der Waals surface area contributed by atoms with Crippen molar-refractivity contribution in [2.45, 2.75) is 37.9 Å².